The Bertz CT molecular complexity index is 1000. The van der Waals surface area contributed by atoms with E-state index in [1.807, 2.05) is 12.1 Å². The number of amides is 1. The number of carbonyl (C=O) groups excluding carboxylic acids is 1. The number of H-pyrrole nitrogens is 2. The van der Waals surface area contributed by atoms with E-state index in [2.05, 4.69) is 15.3 Å². The second kappa shape index (κ2) is 6.96. The molecule has 0 atom stereocenters. The van der Waals surface area contributed by atoms with Crippen LogP contribution in [0.15, 0.2) is 47.3 Å². The molecule has 0 saturated carbocycles. The molecule has 1 aromatic heterocycles. The summed E-state index contributed by atoms with van der Waals surface area (Å²) in [6.07, 6.45) is 3.05. The molecule has 0 aliphatic heterocycles. The topological polar surface area (TPSA) is 96.2 Å². The van der Waals surface area contributed by atoms with Gasteiger partial charge in [0.25, 0.3) is 0 Å². The molecule has 0 spiro atoms. The number of rotatable bonds is 5. The summed E-state index contributed by atoms with van der Waals surface area (Å²) in [4.78, 5) is 28.7. The quantitative estimate of drug-likeness (QED) is 0.622. The lowest BCUT2D eigenvalue weighted by Crippen LogP contribution is -2.07. The Hall–Kier alpha value is -3.48. The third-order valence-corrected chi connectivity index (χ3v) is 3.63. The van der Waals surface area contributed by atoms with Gasteiger partial charge in [-0.2, -0.15) is 0 Å². The molecule has 0 saturated heterocycles. The molecule has 7 nitrogen and oxygen atoms in total. The maximum atomic E-state index is 12.1. The third kappa shape index (κ3) is 3.55. The van der Waals surface area contributed by atoms with Crippen LogP contribution in [0, 0.1) is 0 Å². The Morgan fingerprint density at radius 3 is 2.64 bits per heavy atom. The molecule has 0 bridgehead atoms. The standard InChI is InChI=1S/C18H17N3O4/c1-24-15-5-3-4-11(17(15)25-2)6-9-16(22)19-12-7-8-13-14(10-12)21-18(23)20-13/h3-10H,1-2H3,(H,19,22)(H2,20,21,23)/b9-6+. The predicted octanol–water partition coefficient (Wildman–Crippen LogP) is 2.53. The number of fused-ring (bicyclic) bond motifs is 1. The number of ether oxygens (including phenoxy) is 2. The van der Waals surface area contributed by atoms with Gasteiger partial charge in [-0.1, -0.05) is 12.1 Å². The minimum Gasteiger partial charge on any atom is -0.493 e. The van der Waals surface area contributed by atoms with Crippen LogP contribution in [0.5, 0.6) is 11.5 Å². The van der Waals surface area contributed by atoms with Crippen molar-refractivity contribution in [1.82, 2.24) is 9.97 Å². The number of anilines is 1. The molecular weight excluding hydrogens is 322 g/mol. The number of aromatic nitrogens is 2. The summed E-state index contributed by atoms with van der Waals surface area (Å²) >= 11 is 0. The number of nitrogens with one attached hydrogen (secondary N) is 3. The van der Waals surface area contributed by atoms with Gasteiger partial charge in [-0.05, 0) is 30.3 Å². The molecule has 3 aromatic rings. The SMILES string of the molecule is COc1cccc(/C=C/C(=O)Nc2ccc3[nH]c(=O)[nH]c3c2)c1OC. The summed E-state index contributed by atoms with van der Waals surface area (Å²) < 4.78 is 10.6. The zero-order valence-corrected chi connectivity index (χ0v) is 13.8. The van der Waals surface area contributed by atoms with Crippen molar-refractivity contribution in [3.05, 3.63) is 58.5 Å². The minimum absolute atomic E-state index is 0.288. The second-order valence-corrected chi connectivity index (χ2v) is 5.24. The second-order valence-electron chi connectivity index (χ2n) is 5.24. The fourth-order valence-corrected chi connectivity index (χ4v) is 2.50. The van der Waals surface area contributed by atoms with E-state index in [1.165, 1.54) is 6.08 Å². The zero-order valence-electron chi connectivity index (χ0n) is 13.8. The highest BCUT2D eigenvalue weighted by molar-refractivity contribution is 6.03. The van der Waals surface area contributed by atoms with Crippen LogP contribution in [0.25, 0.3) is 17.1 Å². The Labute approximate surface area is 143 Å². The van der Waals surface area contributed by atoms with Gasteiger partial charge in [0.15, 0.2) is 11.5 Å². The Morgan fingerprint density at radius 1 is 1.08 bits per heavy atom. The Kier molecular flexibility index (Phi) is 4.56. The number of carbonyl (C=O) groups is 1. The number of hydrogen-bond acceptors (Lipinski definition) is 4. The maximum absolute atomic E-state index is 12.1. The van der Waals surface area contributed by atoms with E-state index in [9.17, 15) is 9.59 Å². The average Bonchev–Trinajstić information content (AvgIpc) is 2.98. The molecular formula is C18H17N3O4. The number of aromatic amines is 2. The van der Waals surface area contributed by atoms with Gasteiger partial charge in [0, 0.05) is 17.3 Å². The highest BCUT2D eigenvalue weighted by Crippen LogP contribution is 2.31. The van der Waals surface area contributed by atoms with Gasteiger partial charge >= 0.3 is 5.69 Å². The van der Waals surface area contributed by atoms with E-state index >= 15 is 0 Å². The van der Waals surface area contributed by atoms with Gasteiger partial charge in [0.05, 0.1) is 25.3 Å². The summed E-state index contributed by atoms with van der Waals surface area (Å²) in [5, 5.41) is 2.75. The van der Waals surface area contributed by atoms with Crippen LogP contribution in [0.4, 0.5) is 5.69 Å². The zero-order chi connectivity index (χ0) is 17.8. The third-order valence-electron chi connectivity index (χ3n) is 3.63. The van der Waals surface area contributed by atoms with Crippen molar-refractivity contribution >= 4 is 28.7 Å². The van der Waals surface area contributed by atoms with Crippen molar-refractivity contribution in [2.24, 2.45) is 0 Å². The van der Waals surface area contributed by atoms with Gasteiger partial charge in [-0.25, -0.2) is 4.79 Å². The molecule has 1 heterocycles. The lowest BCUT2D eigenvalue weighted by molar-refractivity contribution is -0.111. The molecule has 3 N–H and O–H groups in total. The molecule has 3 rings (SSSR count). The van der Waals surface area contributed by atoms with Gasteiger partial charge in [-0.3, -0.25) is 4.79 Å². The molecule has 0 aliphatic carbocycles. The summed E-state index contributed by atoms with van der Waals surface area (Å²) in [6, 6.07) is 10.5. The van der Waals surface area contributed by atoms with E-state index in [1.54, 1.807) is 44.6 Å². The largest absolute Gasteiger partial charge is 0.493 e. The van der Waals surface area contributed by atoms with Crippen molar-refractivity contribution in [1.29, 1.82) is 0 Å². The number of hydrogen-bond donors (Lipinski definition) is 3. The van der Waals surface area contributed by atoms with Crippen molar-refractivity contribution < 1.29 is 14.3 Å². The molecule has 128 valence electrons. The van der Waals surface area contributed by atoms with Gasteiger partial charge < -0.3 is 24.8 Å². The minimum atomic E-state index is -0.304. The highest BCUT2D eigenvalue weighted by Gasteiger charge is 2.07. The average molecular weight is 339 g/mol. The normalized spacial score (nSPS) is 11.0. The van der Waals surface area contributed by atoms with Crippen molar-refractivity contribution in [2.75, 3.05) is 19.5 Å². The van der Waals surface area contributed by atoms with Crippen molar-refractivity contribution in [3.63, 3.8) is 0 Å². The van der Waals surface area contributed by atoms with Crippen LogP contribution >= 0.6 is 0 Å². The first-order valence-electron chi connectivity index (χ1n) is 7.53. The lowest BCUT2D eigenvalue weighted by atomic mass is 10.1. The summed E-state index contributed by atoms with van der Waals surface area (Å²) in [7, 11) is 3.10. The van der Waals surface area contributed by atoms with Crippen LogP contribution < -0.4 is 20.5 Å². The highest BCUT2D eigenvalue weighted by atomic mass is 16.5. The number of para-hydroxylation sites is 1. The van der Waals surface area contributed by atoms with Crippen LogP contribution in [-0.4, -0.2) is 30.1 Å². The monoisotopic (exact) mass is 339 g/mol. The van der Waals surface area contributed by atoms with Crippen molar-refractivity contribution in [3.8, 4) is 11.5 Å². The van der Waals surface area contributed by atoms with Gasteiger partial charge in [-0.15, -0.1) is 0 Å². The Balaban J connectivity index is 1.77. The predicted molar refractivity (Wildman–Crippen MR) is 96.1 cm³/mol. The fourth-order valence-electron chi connectivity index (χ4n) is 2.50. The fraction of sp³-hybridized carbons (Fsp3) is 0.111. The Morgan fingerprint density at radius 2 is 1.88 bits per heavy atom. The van der Waals surface area contributed by atoms with Crippen LogP contribution in [0.1, 0.15) is 5.56 Å². The van der Waals surface area contributed by atoms with Crippen LogP contribution in [0.3, 0.4) is 0 Å². The molecule has 0 fully saturated rings. The molecule has 1 amide bonds. The summed E-state index contributed by atoms with van der Waals surface area (Å²) in [6.45, 7) is 0. The smallest absolute Gasteiger partial charge is 0.323 e. The van der Waals surface area contributed by atoms with Crippen LogP contribution in [-0.2, 0) is 4.79 Å². The first-order chi connectivity index (χ1) is 12.1. The molecule has 7 heteroatoms. The molecule has 2 aromatic carbocycles. The van der Waals surface area contributed by atoms with E-state index in [-0.39, 0.29) is 11.6 Å². The first kappa shape index (κ1) is 16.4. The van der Waals surface area contributed by atoms with E-state index in [0.717, 1.165) is 5.56 Å². The van der Waals surface area contributed by atoms with E-state index in [4.69, 9.17) is 9.47 Å². The summed E-state index contributed by atoms with van der Waals surface area (Å²) in [5.41, 5.74) is 2.32. The van der Waals surface area contributed by atoms with Crippen LogP contribution in [0.2, 0.25) is 0 Å². The number of benzene rings is 2. The van der Waals surface area contributed by atoms with Gasteiger partial charge in [0.2, 0.25) is 5.91 Å². The number of methoxy groups -OCH3 is 2. The molecule has 0 radical (unpaired) electrons. The van der Waals surface area contributed by atoms with Gasteiger partial charge in [0.1, 0.15) is 0 Å². The number of imidazole rings is 1. The molecule has 25 heavy (non-hydrogen) atoms. The summed E-state index contributed by atoms with van der Waals surface area (Å²) in [5.74, 6) is 0.842. The first-order valence-corrected chi connectivity index (χ1v) is 7.53. The van der Waals surface area contributed by atoms with E-state index < -0.39 is 0 Å². The maximum Gasteiger partial charge on any atom is 0.323 e. The van der Waals surface area contributed by atoms with Crippen molar-refractivity contribution in [2.45, 2.75) is 0 Å². The molecule has 0 unspecified atom stereocenters. The molecule has 0 aliphatic rings. The van der Waals surface area contributed by atoms with E-state index in [0.29, 0.717) is 28.2 Å². The lowest BCUT2D eigenvalue weighted by Gasteiger charge is -2.09.